The third kappa shape index (κ3) is 3.77. The van der Waals surface area contributed by atoms with Crippen LogP contribution in [0.2, 0.25) is 0 Å². The maximum atomic E-state index is 11.8. The first-order chi connectivity index (χ1) is 13.5. The van der Waals surface area contributed by atoms with Gasteiger partial charge in [0.25, 0.3) is 0 Å². The van der Waals surface area contributed by atoms with Crippen LogP contribution in [0.4, 0.5) is 0 Å². The molecule has 0 radical (unpaired) electrons. The molecule has 28 heavy (non-hydrogen) atoms. The quantitative estimate of drug-likeness (QED) is 0.468. The molecule has 146 valence electrons. The number of carboxylic acid groups (broad SMARTS) is 1. The summed E-state index contributed by atoms with van der Waals surface area (Å²) >= 11 is 1.79. The molecule has 0 amide bonds. The highest BCUT2D eigenvalue weighted by Crippen LogP contribution is 2.37. The molecular formula is C25H28O2S. The first-order valence-corrected chi connectivity index (χ1v) is 11.0. The van der Waals surface area contributed by atoms with E-state index in [-0.39, 0.29) is 0 Å². The molecule has 0 unspecified atom stereocenters. The minimum absolute atomic E-state index is 0.482. The van der Waals surface area contributed by atoms with Crippen LogP contribution in [0.25, 0.3) is 21.6 Å². The Labute approximate surface area is 171 Å². The van der Waals surface area contributed by atoms with Crippen LogP contribution in [0.15, 0.2) is 41.8 Å². The first-order valence-electron chi connectivity index (χ1n) is 10.1. The summed E-state index contributed by atoms with van der Waals surface area (Å²) in [5, 5.41) is 11.8. The first kappa shape index (κ1) is 20.3. The number of aromatic carboxylic acids is 1. The van der Waals surface area contributed by atoms with Gasteiger partial charge in [0.05, 0.1) is 5.56 Å². The van der Waals surface area contributed by atoms with Crippen LogP contribution in [-0.2, 0) is 25.7 Å². The summed E-state index contributed by atoms with van der Waals surface area (Å²) in [4.78, 5) is 13.1. The molecule has 3 rings (SSSR count). The van der Waals surface area contributed by atoms with Crippen LogP contribution in [-0.4, -0.2) is 11.1 Å². The summed E-state index contributed by atoms with van der Waals surface area (Å²) in [5.74, 6) is -0.822. The lowest BCUT2D eigenvalue weighted by Gasteiger charge is -2.17. The van der Waals surface area contributed by atoms with Gasteiger partial charge in [-0.3, -0.25) is 0 Å². The summed E-state index contributed by atoms with van der Waals surface area (Å²) in [6, 6.07) is 13.0. The van der Waals surface area contributed by atoms with E-state index < -0.39 is 5.97 Å². The van der Waals surface area contributed by atoms with Crippen molar-refractivity contribution in [2.24, 2.45) is 0 Å². The Balaban J connectivity index is 2.23. The predicted molar refractivity (Wildman–Crippen MR) is 120 cm³/mol. The van der Waals surface area contributed by atoms with E-state index in [4.69, 9.17) is 0 Å². The summed E-state index contributed by atoms with van der Waals surface area (Å²) < 4.78 is 0. The second-order valence-corrected chi connectivity index (χ2v) is 7.98. The molecule has 1 heterocycles. The standard InChI is InChI=1S/C25H28O2S/c1-5-16-12-20(13-17(6-2)23(16)22-10-9-11-28-22)21-14-18(7-3)24(25(26)27)19(8-4)15-21/h9-15H,5-8H2,1-4H3,(H,26,27). The van der Waals surface area contributed by atoms with Crippen molar-refractivity contribution in [2.45, 2.75) is 53.4 Å². The van der Waals surface area contributed by atoms with E-state index in [2.05, 4.69) is 55.6 Å². The van der Waals surface area contributed by atoms with Gasteiger partial charge in [-0.15, -0.1) is 11.3 Å². The maximum absolute atomic E-state index is 11.8. The lowest BCUT2D eigenvalue weighted by atomic mass is 9.88. The molecule has 0 atom stereocenters. The Kier molecular flexibility index (Phi) is 6.35. The van der Waals surface area contributed by atoms with Crippen molar-refractivity contribution in [1.29, 1.82) is 0 Å². The SMILES string of the molecule is CCc1cc(-c2cc(CC)c(-c3cccs3)c(CC)c2)cc(CC)c1C(=O)O. The van der Waals surface area contributed by atoms with Gasteiger partial charge in [0.15, 0.2) is 0 Å². The minimum atomic E-state index is -0.822. The van der Waals surface area contributed by atoms with Crippen LogP contribution in [0, 0.1) is 0 Å². The molecule has 0 spiro atoms. The molecular weight excluding hydrogens is 364 g/mol. The van der Waals surface area contributed by atoms with Crippen molar-refractivity contribution in [3.05, 3.63) is 69.6 Å². The molecule has 1 N–H and O–H groups in total. The van der Waals surface area contributed by atoms with E-state index in [1.54, 1.807) is 11.3 Å². The van der Waals surface area contributed by atoms with Gasteiger partial charge in [-0.1, -0.05) is 58.0 Å². The Morgan fingerprint density at radius 2 is 1.29 bits per heavy atom. The molecule has 0 aliphatic carbocycles. The zero-order valence-corrected chi connectivity index (χ0v) is 18.0. The third-order valence-electron chi connectivity index (χ3n) is 5.44. The molecule has 0 fully saturated rings. The number of hydrogen-bond acceptors (Lipinski definition) is 2. The normalized spacial score (nSPS) is 11.0. The lowest BCUT2D eigenvalue weighted by Crippen LogP contribution is -2.07. The summed E-state index contributed by atoms with van der Waals surface area (Å²) in [5.41, 5.74) is 8.72. The summed E-state index contributed by atoms with van der Waals surface area (Å²) in [7, 11) is 0. The van der Waals surface area contributed by atoms with Gasteiger partial charge in [0, 0.05) is 4.88 Å². The highest BCUT2D eigenvalue weighted by molar-refractivity contribution is 7.13. The van der Waals surface area contributed by atoms with E-state index >= 15 is 0 Å². The van der Waals surface area contributed by atoms with Crippen molar-refractivity contribution < 1.29 is 9.90 Å². The van der Waals surface area contributed by atoms with Gasteiger partial charge in [0.1, 0.15) is 0 Å². The van der Waals surface area contributed by atoms with E-state index in [9.17, 15) is 9.90 Å². The highest BCUT2D eigenvalue weighted by atomic mass is 32.1. The van der Waals surface area contributed by atoms with Crippen molar-refractivity contribution in [3.8, 4) is 21.6 Å². The number of thiophene rings is 1. The number of rotatable bonds is 7. The van der Waals surface area contributed by atoms with Gasteiger partial charge in [-0.25, -0.2) is 4.79 Å². The Hall–Kier alpha value is -2.39. The summed E-state index contributed by atoms with van der Waals surface area (Å²) in [6.45, 7) is 8.47. The van der Waals surface area contributed by atoms with E-state index in [0.717, 1.165) is 42.4 Å². The molecule has 2 nitrogen and oxygen atoms in total. The van der Waals surface area contributed by atoms with E-state index in [1.165, 1.54) is 27.1 Å². The van der Waals surface area contributed by atoms with E-state index in [1.807, 2.05) is 13.8 Å². The smallest absolute Gasteiger partial charge is 0.336 e. The molecule has 2 aromatic carbocycles. The minimum Gasteiger partial charge on any atom is -0.478 e. The van der Waals surface area contributed by atoms with Gasteiger partial charge < -0.3 is 5.11 Å². The summed E-state index contributed by atoms with van der Waals surface area (Å²) in [6.07, 6.45) is 3.39. The maximum Gasteiger partial charge on any atom is 0.336 e. The molecule has 0 bridgehead atoms. The molecule has 3 aromatic rings. The molecule has 1 aromatic heterocycles. The molecule has 0 saturated heterocycles. The monoisotopic (exact) mass is 392 g/mol. The van der Waals surface area contributed by atoms with Gasteiger partial charge in [-0.2, -0.15) is 0 Å². The Morgan fingerprint density at radius 3 is 1.64 bits per heavy atom. The molecule has 0 aliphatic heterocycles. The van der Waals surface area contributed by atoms with Crippen molar-refractivity contribution in [1.82, 2.24) is 0 Å². The number of carbonyl (C=O) groups is 1. The van der Waals surface area contributed by atoms with Crippen LogP contribution in [0.5, 0.6) is 0 Å². The van der Waals surface area contributed by atoms with Crippen molar-refractivity contribution >= 4 is 17.3 Å². The third-order valence-corrected chi connectivity index (χ3v) is 6.33. The van der Waals surface area contributed by atoms with Gasteiger partial charge in [-0.05, 0) is 76.1 Å². The van der Waals surface area contributed by atoms with Crippen molar-refractivity contribution in [2.75, 3.05) is 0 Å². The van der Waals surface area contributed by atoms with Crippen LogP contribution in [0.1, 0.15) is 60.3 Å². The van der Waals surface area contributed by atoms with Gasteiger partial charge >= 0.3 is 5.97 Å². The fourth-order valence-electron chi connectivity index (χ4n) is 4.00. The highest BCUT2D eigenvalue weighted by Gasteiger charge is 2.18. The molecule has 0 aliphatic rings. The fraction of sp³-hybridized carbons (Fsp3) is 0.320. The lowest BCUT2D eigenvalue weighted by molar-refractivity contribution is 0.0694. The second kappa shape index (κ2) is 8.74. The largest absolute Gasteiger partial charge is 0.478 e. The predicted octanol–water partition coefficient (Wildman–Crippen LogP) is 7.03. The number of benzene rings is 2. The number of carboxylic acids is 1. The van der Waals surface area contributed by atoms with Crippen molar-refractivity contribution in [3.63, 3.8) is 0 Å². The molecule has 3 heteroatoms. The molecule has 0 saturated carbocycles. The average molecular weight is 393 g/mol. The topological polar surface area (TPSA) is 37.3 Å². The zero-order chi connectivity index (χ0) is 20.3. The van der Waals surface area contributed by atoms with Crippen LogP contribution in [0.3, 0.4) is 0 Å². The second-order valence-electron chi connectivity index (χ2n) is 7.04. The van der Waals surface area contributed by atoms with E-state index in [0.29, 0.717) is 5.56 Å². The van der Waals surface area contributed by atoms with Gasteiger partial charge in [0.2, 0.25) is 0 Å². The number of hydrogen-bond donors (Lipinski definition) is 1. The average Bonchev–Trinajstić information content (AvgIpc) is 3.25. The van der Waals surface area contributed by atoms with Crippen LogP contribution >= 0.6 is 11.3 Å². The Morgan fingerprint density at radius 1 is 0.821 bits per heavy atom. The van der Waals surface area contributed by atoms with Crippen LogP contribution < -0.4 is 0 Å². The Bertz CT molecular complexity index is 934. The fourth-order valence-corrected chi connectivity index (χ4v) is 4.84. The number of aryl methyl sites for hydroxylation is 4. The zero-order valence-electron chi connectivity index (χ0n) is 17.1.